The lowest BCUT2D eigenvalue weighted by atomic mass is 9.88. The van der Waals surface area contributed by atoms with Gasteiger partial charge in [0.1, 0.15) is 0 Å². The predicted molar refractivity (Wildman–Crippen MR) is 55.9 cm³/mol. The molecule has 0 N–H and O–H groups in total. The summed E-state index contributed by atoms with van der Waals surface area (Å²) >= 11 is 0. The summed E-state index contributed by atoms with van der Waals surface area (Å²) in [7, 11) is 0. The average Bonchev–Trinajstić information content (AvgIpc) is 2.03. The maximum absolute atomic E-state index is 5.78. The summed E-state index contributed by atoms with van der Waals surface area (Å²) in [5.41, 5.74) is 0.271. The van der Waals surface area contributed by atoms with Gasteiger partial charge in [-0.1, -0.05) is 20.8 Å². The molecule has 2 nitrogen and oxygen atoms in total. The van der Waals surface area contributed by atoms with Crippen LogP contribution in [0.5, 0.6) is 0 Å². The summed E-state index contributed by atoms with van der Waals surface area (Å²) in [4.78, 5) is 2.50. The van der Waals surface area contributed by atoms with Crippen molar-refractivity contribution in [3.63, 3.8) is 0 Å². The number of ether oxygens (including phenoxy) is 1. The molecule has 1 aliphatic rings. The third-order valence-electron chi connectivity index (χ3n) is 2.79. The molecule has 0 amide bonds. The fraction of sp³-hybridized carbons (Fsp3) is 1.00. The molecule has 0 bridgehead atoms. The average molecular weight is 185 g/mol. The molecule has 0 saturated carbocycles. The van der Waals surface area contributed by atoms with Crippen molar-refractivity contribution in [2.24, 2.45) is 5.41 Å². The molecule has 2 heteroatoms. The summed E-state index contributed by atoms with van der Waals surface area (Å²) in [6, 6.07) is 0.647. The Morgan fingerprint density at radius 3 is 2.38 bits per heavy atom. The Hall–Kier alpha value is -0.0800. The highest BCUT2D eigenvalue weighted by atomic mass is 16.5. The van der Waals surface area contributed by atoms with Gasteiger partial charge in [-0.05, 0) is 19.3 Å². The van der Waals surface area contributed by atoms with Gasteiger partial charge >= 0.3 is 0 Å². The SMILES string of the molecule is CC(C)N1CCOC(C(C)(C)C)C1. The van der Waals surface area contributed by atoms with Crippen molar-refractivity contribution in [1.82, 2.24) is 4.90 Å². The van der Waals surface area contributed by atoms with E-state index in [2.05, 4.69) is 39.5 Å². The van der Waals surface area contributed by atoms with Crippen molar-refractivity contribution in [2.75, 3.05) is 19.7 Å². The van der Waals surface area contributed by atoms with Gasteiger partial charge in [0.05, 0.1) is 12.7 Å². The largest absolute Gasteiger partial charge is 0.375 e. The summed E-state index contributed by atoms with van der Waals surface area (Å²) in [5, 5.41) is 0. The van der Waals surface area contributed by atoms with Crippen molar-refractivity contribution in [2.45, 2.75) is 46.8 Å². The lowest BCUT2D eigenvalue weighted by Crippen LogP contribution is -2.50. The van der Waals surface area contributed by atoms with Crippen molar-refractivity contribution in [3.05, 3.63) is 0 Å². The van der Waals surface area contributed by atoms with Crippen LogP contribution in [0.4, 0.5) is 0 Å². The molecule has 78 valence electrons. The third kappa shape index (κ3) is 2.96. The van der Waals surface area contributed by atoms with Gasteiger partial charge in [0.15, 0.2) is 0 Å². The zero-order valence-electron chi connectivity index (χ0n) is 9.63. The first-order valence-electron chi connectivity index (χ1n) is 5.27. The van der Waals surface area contributed by atoms with Gasteiger partial charge in [-0.3, -0.25) is 4.90 Å². The molecule has 13 heavy (non-hydrogen) atoms. The number of rotatable bonds is 1. The van der Waals surface area contributed by atoms with Gasteiger partial charge < -0.3 is 4.74 Å². The molecule has 1 aliphatic heterocycles. The van der Waals surface area contributed by atoms with Crippen LogP contribution in [0, 0.1) is 5.41 Å². The van der Waals surface area contributed by atoms with Crippen LogP contribution in [-0.2, 0) is 4.74 Å². The minimum Gasteiger partial charge on any atom is -0.375 e. The Kier molecular flexibility index (Phi) is 3.36. The maximum Gasteiger partial charge on any atom is 0.0750 e. The van der Waals surface area contributed by atoms with Gasteiger partial charge in [0.2, 0.25) is 0 Å². The van der Waals surface area contributed by atoms with Gasteiger partial charge in [-0.15, -0.1) is 0 Å². The van der Waals surface area contributed by atoms with Gasteiger partial charge in [0, 0.05) is 19.1 Å². The van der Waals surface area contributed by atoms with Crippen molar-refractivity contribution in [3.8, 4) is 0 Å². The van der Waals surface area contributed by atoms with Crippen molar-refractivity contribution < 1.29 is 4.74 Å². The Bertz CT molecular complexity index is 160. The molecular weight excluding hydrogens is 162 g/mol. The maximum atomic E-state index is 5.78. The second-order valence-electron chi connectivity index (χ2n) is 5.31. The van der Waals surface area contributed by atoms with Crippen LogP contribution in [0.1, 0.15) is 34.6 Å². The summed E-state index contributed by atoms with van der Waals surface area (Å²) < 4.78 is 5.78. The van der Waals surface area contributed by atoms with E-state index in [0.29, 0.717) is 12.1 Å². The molecule has 0 aliphatic carbocycles. The molecular formula is C11H23NO. The van der Waals surface area contributed by atoms with Crippen molar-refractivity contribution in [1.29, 1.82) is 0 Å². The topological polar surface area (TPSA) is 12.5 Å². The number of nitrogens with zero attached hydrogens (tertiary/aromatic N) is 1. The summed E-state index contributed by atoms with van der Waals surface area (Å²) in [6.07, 6.45) is 0.392. The van der Waals surface area contributed by atoms with Crippen LogP contribution in [0.3, 0.4) is 0 Å². The number of hydrogen-bond donors (Lipinski definition) is 0. The van der Waals surface area contributed by atoms with E-state index in [1.54, 1.807) is 0 Å². The van der Waals surface area contributed by atoms with Crippen LogP contribution < -0.4 is 0 Å². The Labute approximate surface area is 82.3 Å². The Morgan fingerprint density at radius 1 is 1.31 bits per heavy atom. The van der Waals surface area contributed by atoms with E-state index < -0.39 is 0 Å². The zero-order chi connectivity index (χ0) is 10.1. The van der Waals surface area contributed by atoms with E-state index in [9.17, 15) is 0 Å². The minimum atomic E-state index is 0.271. The van der Waals surface area contributed by atoms with Crippen molar-refractivity contribution >= 4 is 0 Å². The smallest absolute Gasteiger partial charge is 0.0750 e. The van der Waals surface area contributed by atoms with E-state index in [4.69, 9.17) is 4.74 Å². The molecule has 0 aromatic rings. The standard InChI is InChI=1S/C11H23NO/c1-9(2)12-6-7-13-10(8-12)11(3,4)5/h9-10H,6-8H2,1-5H3. The predicted octanol–water partition coefficient (Wildman–Crippen LogP) is 2.14. The van der Waals surface area contributed by atoms with E-state index in [1.165, 1.54) is 0 Å². The van der Waals surface area contributed by atoms with Crippen LogP contribution >= 0.6 is 0 Å². The zero-order valence-corrected chi connectivity index (χ0v) is 9.63. The van der Waals surface area contributed by atoms with Crippen LogP contribution in [0.25, 0.3) is 0 Å². The highest BCUT2D eigenvalue weighted by Crippen LogP contribution is 2.25. The van der Waals surface area contributed by atoms with Crippen LogP contribution in [0.2, 0.25) is 0 Å². The number of hydrogen-bond acceptors (Lipinski definition) is 2. The van der Waals surface area contributed by atoms with E-state index in [-0.39, 0.29) is 5.41 Å². The molecule has 0 aromatic heterocycles. The minimum absolute atomic E-state index is 0.271. The van der Waals surface area contributed by atoms with E-state index >= 15 is 0 Å². The Balaban J connectivity index is 2.52. The molecule has 0 aromatic carbocycles. The molecule has 1 saturated heterocycles. The second kappa shape index (κ2) is 3.97. The highest BCUT2D eigenvalue weighted by Gasteiger charge is 2.31. The first-order valence-corrected chi connectivity index (χ1v) is 5.27. The first-order chi connectivity index (χ1) is 5.91. The highest BCUT2D eigenvalue weighted by molar-refractivity contribution is 4.82. The van der Waals surface area contributed by atoms with Gasteiger partial charge in [0.25, 0.3) is 0 Å². The Morgan fingerprint density at radius 2 is 1.92 bits per heavy atom. The molecule has 1 heterocycles. The second-order valence-corrected chi connectivity index (χ2v) is 5.31. The first kappa shape index (κ1) is 11.0. The normalized spacial score (nSPS) is 26.8. The van der Waals surface area contributed by atoms with Gasteiger partial charge in [-0.25, -0.2) is 0 Å². The van der Waals surface area contributed by atoms with E-state index in [0.717, 1.165) is 19.7 Å². The monoisotopic (exact) mass is 185 g/mol. The van der Waals surface area contributed by atoms with E-state index in [1.807, 2.05) is 0 Å². The molecule has 0 radical (unpaired) electrons. The van der Waals surface area contributed by atoms with Crippen LogP contribution in [0.15, 0.2) is 0 Å². The molecule has 1 unspecified atom stereocenters. The molecule has 1 fully saturated rings. The van der Waals surface area contributed by atoms with Crippen LogP contribution in [-0.4, -0.2) is 36.7 Å². The quantitative estimate of drug-likeness (QED) is 0.620. The lowest BCUT2D eigenvalue weighted by molar-refractivity contribution is -0.0866. The fourth-order valence-electron chi connectivity index (χ4n) is 1.66. The summed E-state index contributed by atoms with van der Waals surface area (Å²) in [6.45, 7) is 14.3. The lowest BCUT2D eigenvalue weighted by Gasteiger charge is -2.41. The molecule has 1 rings (SSSR count). The fourth-order valence-corrected chi connectivity index (χ4v) is 1.66. The summed E-state index contributed by atoms with van der Waals surface area (Å²) in [5.74, 6) is 0. The number of morpholine rings is 1. The third-order valence-corrected chi connectivity index (χ3v) is 2.79. The molecule has 0 spiro atoms. The molecule has 1 atom stereocenters. The van der Waals surface area contributed by atoms with Gasteiger partial charge in [-0.2, -0.15) is 0 Å².